The Morgan fingerprint density at radius 3 is 2.33 bits per heavy atom. The minimum Gasteiger partial charge on any atom is -0.388 e. The van der Waals surface area contributed by atoms with Gasteiger partial charge in [0.25, 0.3) is 5.91 Å². The fraction of sp³-hybridized carbons (Fsp3) is 0.667. The molecule has 196 valence electrons. The van der Waals surface area contributed by atoms with Crippen molar-refractivity contribution in [3.8, 4) is 0 Å². The van der Waals surface area contributed by atoms with E-state index in [9.17, 15) is 19.5 Å². The first-order valence-electron chi connectivity index (χ1n) is 13.2. The lowest BCUT2D eigenvalue weighted by molar-refractivity contribution is -0.140. The number of carbonyl (C=O) groups is 3. The second-order valence-electron chi connectivity index (χ2n) is 11.7. The summed E-state index contributed by atoms with van der Waals surface area (Å²) in [6.07, 6.45) is 2.39. The molecule has 0 spiro atoms. The van der Waals surface area contributed by atoms with Crippen molar-refractivity contribution in [3.63, 3.8) is 0 Å². The number of ketones is 1. The third-order valence-electron chi connectivity index (χ3n) is 8.23. The first kappa shape index (κ1) is 25.2. The summed E-state index contributed by atoms with van der Waals surface area (Å²) in [5.41, 5.74) is 0.979. The van der Waals surface area contributed by atoms with E-state index in [1.54, 1.807) is 12.1 Å². The van der Waals surface area contributed by atoms with Gasteiger partial charge in [-0.2, -0.15) is 0 Å². The molecule has 1 aromatic rings. The number of aliphatic hydroxyl groups excluding tert-OH is 1. The lowest BCUT2D eigenvalue weighted by Crippen LogP contribution is -2.57. The molecule has 9 heteroatoms. The molecule has 4 aliphatic rings. The molecule has 5 rings (SSSR count). The number of rotatable bonds is 5. The standard InChI is InChI=1S/C27H38N4O5/c1-27(2,3)24(26(35)31-15-20(32)23-22(31)21(33)16-36-23)28-25(34)17-7-9-19(10-8-17)30-13-11-29(12-14-30)18-5-4-6-18/h7-10,18,20,22-24,32H,4-6,11-16H2,1-3H3,(H,28,34)/t20-,22+,23+,24?/m0/s1. The van der Waals surface area contributed by atoms with Crippen LogP contribution in [-0.2, 0) is 14.3 Å². The molecule has 36 heavy (non-hydrogen) atoms. The number of carbonyl (C=O) groups excluding carboxylic acids is 3. The van der Waals surface area contributed by atoms with E-state index in [-0.39, 0.29) is 30.7 Å². The highest BCUT2D eigenvalue weighted by Crippen LogP contribution is 2.31. The molecule has 0 aromatic heterocycles. The summed E-state index contributed by atoms with van der Waals surface area (Å²) in [6.45, 7) is 9.64. The largest absolute Gasteiger partial charge is 0.388 e. The Morgan fingerprint density at radius 1 is 1.08 bits per heavy atom. The van der Waals surface area contributed by atoms with Crippen LogP contribution in [0.3, 0.4) is 0 Å². The summed E-state index contributed by atoms with van der Waals surface area (Å²) in [5.74, 6) is -0.926. The van der Waals surface area contributed by atoms with E-state index in [1.807, 2.05) is 32.9 Å². The van der Waals surface area contributed by atoms with Gasteiger partial charge in [0.15, 0.2) is 5.78 Å². The molecule has 1 aromatic carbocycles. The number of hydrogen-bond donors (Lipinski definition) is 2. The molecule has 4 fully saturated rings. The maximum absolute atomic E-state index is 13.5. The SMILES string of the molecule is CC(C)(C)C(NC(=O)c1ccc(N2CCN(C3CCC3)CC2)cc1)C(=O)N1C[C@H](O)[C@H]2OCC(=O)[C@H]21. The van der Waals surface area contributed by atoms with Crippen molar-refractivity contribution in [2.75, 3.05) is 44.2 Å². The molecular formula is C27H38N4O5. The van der Waals surface area contributed by atoms with Crippen LogP contribution in [0.4, 0.5) is 5.69 Å². The number of Topliss-reactive ketones (excluding diaryl/α,β-unsaturated/α-hetero) is 1. The first-order valence-corrected chi connectivity index (χ1v) is 13.2. The van der Waals surface area contributed by atoms with Crippen molar-refractivity contribution in [1.82, 2.24) is 15.1 Å². The van der Waals surface area contributed by atoms with Crippen LogP contribution in [0.1, 0.15) is 50.4 Å². The Morgan fingerprint density at radius 2 is 1.75 bits per heavy atom. The smallest absolute Gasteiger partial charge is 0.251 e. The van der Waals surface area contributed by atoms with Gasteiger partial charge in [-0.25, -0.2) is 0 Å². The van der Waals surface area contributed by atoms with Crippen molar-refractivity contribution >= 4 is 23.3 Å². The third-order valence-corrected chi connectivity index (χ3v) is 8.23. The fourth-order valence-electron chi connectivity index (χ4n) is 5.81. The predicted molar refractivity (Wildman–Crippen MR) is 135 cm³/mol. The zero-order valence-corrected chi connectivity index (χ0v) is 21.5. The molecule has 9 nitrogen and oxygen atoms in total. The van der Waals surface area contributed by atoms with Crippen LogP contribution in [0, 0.1) is 5.41 Å². The number of benzene rings is 1. The minimum atomic E-state index is -0.912. The minimum absolute atomic E-state index is 0.0189. The second-order valence-corrected chi connectivity index (χ2v) is 11.7. The van der Waals surface area contributed by atoms with Gasteiger partial charge in [0.2, 0.25) is 5.91 Å². The number of amides is 2. The lowest BCUT2D eigenvalue weighted by atomic mass is 9.85. The second kappa shape index (κ2) is 9.76. The maximum Gasteiger partial charge on any atom is 0.251 e. The topological polar surface area (TPSA) is 102 Å². The Balaban J connectivity index is 1.23. The Kier molecular flexibility index (Phi) is 6.82. The first-order chi connectivity index (χ1) is 17.1. The van der Waals surface area contributed by atoms with Crippen LogP contribution in [0.5, 0.6) is 0 Å². The molecule has 1 unspecified atom stereocenters. The van der Waals surface area contributed by atoms with Gasteiger partial charge in [-0.15, -0.1) is 0 Å². The maximum atomic E-state index is 13.5. The molecule has 2 amide bonds. The number of piperazine rings is 1. The Bertz CT molecular complexity index is 994. The molecule has 0 radical (unpaired) electrons. The molecular weight excluding hydrogens is 460 g/mol. The van der Waals surface area contributed by atoms with Crippen molar-refractivity contribution in [2.24, 2.45) is 5.41 Å². The monoisotopic (exact) mass is 498 g/mol. The van der Waals surface area contributed by atoms with E-state index in [2.05, 4.69) is 15.1 Å². The van der Waals surface area contributed by atoms with E-state index in [1.165, 1.54) is 24.2 Å². The molecule has 3 saturated heterocycles. The number of hydrogen-bond acceptors (Lipinski definition) is 7. The lowest BCUT2D eigenvalue weighted by Gasteiger charge is -2.43. The molecule has 0 bridgehead atoms. The van der Waals surface area contributed by atoms with Gasteiger partial charge in [0, 0.05) is 43.5 Å². The van der Waals surface area contributed by atoms with E-state index >= 15 is 0 Å². The Labute approximate surface area is 212 Å². The van der Waals surface area contributed by atoms with Crippen LogP contribution >= 0.6 is 0 Å². The molecule has 3 aliphatic heterocycles. The van der Waals surface area contributed by atoms with Gasteiger partial charge in [-0.3, -0.25) is 19.3 Å². The van der Waals surface area contributed by atoms with Crippen LogP contribution < -0.4 is 10.2 Å². The van der Waals surface area contributed by atoms with Crippen LogP contribution in [0.2, 0.25) is 0 Å². The summed E-state index contributed by atoms with van der Waals surface area (Å²) < 4.78 is 5.40. The van der Waals surface area contributed by atoms with Crippen molar-refractivity contribution < 1.29 is 24.2 Å². The van der Waals surface area contributed by atoms with Gasteiger partial charge in [0.1, 0.15) is 30.9 Å². The fourth-order valence-corrected chi connectivity index (χ4v) is 5.81. The van der Waals surface area contributed by atoms with Gasteiger partial charge in [-0.05, 0) is 42.5 Å². The highest BCUT2D eigenvalue weighted by atomic mass is 16.5. The summed E-state index contributed by atoms with van der Waals surface area (Å²) in [5, 5.41) is 13.2. The zero-order valence-electron chi connectivity index (χ0n) is 21.5. The van der Waals surface area contributed by atoms with E-state index in [0.717, 1.165) is 37.9 Å². The van der Waals surface area contributed by atoms with Crippen molar-refractivity contribution in [2.45, 2.75) is 70.4 Å². The average Bonchev–Trinajstić information content (AvgIpc) is 3.36. The number of nitrogens with one attached hydrogen (secondary N) is 1. The molecule has 1 saturated carbocycles. The highest BCUT2D eigenvalue weighted by molar-refractivity contribution is 5.99. The molecule has 1 aliphatic carbocycles. The summed E-state index contributed by atoms with van der Waals surface area (Å²) in [7, 11) is 0. The van der Waals surface area contributed by atoms with E-state index in [0.29, 0.717) is 5.56 Å². The number of ether oxygens (including phenoxy) is 1. The molecule has 3 heterocycles. The highest BCUT2D eigenvalue weighted by Gasteiger charge is 2.53. The number of nitrogens with zero attached hydrogens (tertiary/aromatic N) is 3. The quantitative estimate of drug-likeness (QED) is 0.626. The van der Waals surface area contributed by atoms with Gasteiger partial charge in [-0.1, -0.05) is 27.2 Å². The summed E-state index contributed by atoms with van der Waals surface area (Å²) in [4.78, 5) is 45.4. The Hall–Kier alpha value is -2.49. The number of β-amino-alcohol motifs (C(OH)–C–C–N with tert-alkyl or cyclic N) is 1. The summed E-state index contributed by atoms with van der Waals surface area (Å²) in [6, 6.07) is 6.66. The van der Waals surface area contributed by atoms with Crippen LogP contribution in [-0.4, -0.2) is 102 Å². The van der Waals surface area contributed by atoms with Crippen molar-refractivity contribution in [1.29, 1.82) is 0 Å². The number of anilines is 1. The van der Waals surface area contributed by atoms with Crippen LogP contribution in [0.25, 0.3) is 0 Å². The molecule has 2 N–H and O–H groups in total. The number of aliphatic hydroxyl groups is 1. The van der Waals surface area contributed by atoms with Gasteiger partial charge < -0.3 is 25.0 Å². The average molecular weight is 499 g/mol. The van der Waals surface area contributed by atoms with E-state index < -0.39 is 29.7 Å². The van der Waals surface area contributed by atoms with Crippen molar-refractivity contribution in [3.05, 3.63) is 29.8 Å². The summed E-state index contributed by atoms with van der Waals surface area (Å²) >= 11 is 0. The van der Waals surface area contributed by atoms with Gasteiger partial charge >= 0.3 is 0 Å². The number of fused-ring (bicyclic) bond motifs is 1. The zero-order chi connectivity index (χ0) is 25.6. The predicted octanol–water partition coefficient (Wildman–Crippen LogP) is 1.05. The molecule has 4 atom stereocenters. The normalized spacial score (nSPS) is 28.1. The van der Waals surface area contributed by atoms with Gasteiger partial charge in [0.05, 0.1) is 6.54 Å². The van der Waals surface area contributed by atoms with E-state index in [4.69, 9.17) is 4.74 Å². The number of likely N-dealkylation sites (tertiary alicyclic amines) is 1. The third kappa shape index (κ3) is 4.76. The van der Waals surface area contributed by atoms with Crippen LogP contribution in [0.15, 0.2) is 24.3 Å².